The Morgan fingerprint density at radius 2 is 1.69 bits per heavy atom. The van der Waals surface area contributed by atoms with Gasteiger partial charge in [0.1, 0.15) is 17.0 Å². The summed E-state index contributed by atoms with van der Waals surface area (Å²) in [6.07, 6.45) is 2.26. The molecule has 2 aromatic carbocycles. The first kappa shape index (κ1) is 36.5. The Kier molecular flexibility index (Phi) is 10.9. The van der Waals surface area contributed by atoms with Gasteiger partial charge in [0.15, 0.2) is 5.69 Å². The second-order valence-electron chi connectivity index (χ2n) is 13.8. The Labute approximate surface area is 305 Å². The van der Waals surface area contributed by atoms with Crippen LogP contribution in [0.1, 0.15) is 88.9 Å². The molecule has 3 heterocycles. The number of benzene rings is 2. The third-order valence-corrected chi connectivity index (χ3v) is 9.85. The molecule has 12 nitrogen and oxygen atoms in total. The molecule has 0 saturated heterocycles. The Balaban J connectivity index is 1.33. The first-order valence-electron chi connectivity index (χ1n) is 17.2. The number of fused-ring (bicyclic) bond motifs is 3. The number of hydrogen-bond acceptors (Lipinski definition) is 10. The van der Waals surface area contributed by atoms with Gasteiger partial charge < -0.3 is 35.3 Å². The second-order valence-corrected chi connectivity index (χ2v) is 14.8. The summed E-state index contributed by atoms with van der Waals surface area (Å²) in [4.78, 5) is 58.2. The van der Waals surface area contributed by atoms with Gasteiger partial charge in [0.05, 0.1) is 19.8 Å². The lowest BCUT2D eigenvalue weighted by molar-refractivity contribution is 0.0522. The van der Waals surface area contributed by atoms with Crippen molar-refractivity contribution in [2.75, 3.05) is 19.0 Å². The predicted octanol–water partition coefficient (Wildman–Crippen LogP) is 6.51. The van der Waals surface area contributed by atoms with Crippen LogP contribution in [0.5, 0.6) is 5.75 Å². The lowest BCUT2D eigenvalue weighted by Gasteiger charge is -2.26. The number of anilines is 1. The molecule has 0 radical (unpaired) electrons. The Morgan fingerprint density at radius 3 is 2.40 bits per heavy atom. The van der Waals surface area contributed by atoms with E-state index in [1.54, 1.807) is 74.6 Å². The summed E-state index contributed by atoms with van der Waals surface area (Å²) in [6, 6.07) is 15.6. The van der Waals surface area contributed by atoms with Gasteiger partial charge in [-0.1, -0.05) is 12.1 Å². The van der Waals surface area contributed by atoms with Crippen molar-refractivity contribution in [2.45, 2.75) is 77.2 Å². The van der Waals surface area contributed by atoms with E-state index in [0.717, 1.165) is 21.6 Å². The Bertz CT molecular complexity index is 1980. The van der Waals surface area contributed by atoms with Crippen molar-refractivity contribution < 1.29 is 38.5 Å². The number of esters is 1. The summed E-state index contributed by atoms with van der Waals surface area (Å²) >= 11 is 1.55. The highest BCUT2D eigenvalue weighted by Gasteiger charge is 2.28. The molecule has 0 spiro atoms. The van der Waals surface area contributed by atoms with E-state index in [1.807, 2.05) is 11.4 Å². The number of carbonyl (C=O) groups is 4. The van der Waals surface area contributed by atoms with Gasteiger partial charge in [-0.3, -0.25) is 9.59 Å². The molecule has 0 atom stereocenters. The quantitative estimate of drug-likeness (QED) is 0.148. The van der Waals surface area contributed by atoms with Gasteiger partial charge in [0.25, 0.3) is 11.8 Å². The summed E-state index contributed by atoms with van der Waals surface area (Å²) in [5.74, 6) is -1.12. The zero-order chi connectivity index (χ0) is 37.0. The third kappa shape index (κ3) is 8.60. The summed E-state index contributed by atoms with van der Waals surface area (Å²) in [5.41, 5.74) is 3.37. The summed E-state index contributed by atoms with van der Waals surface area (Å²) in [7, 11) is 1.23. The van der Waals surface area contributed by atoms with Gasteiger partial charge in [-0.05, 0) is 105 Å². The van der Waals surface area contributed by atoms with Gasteiger partial charge in [-0.2, -0.15) is 0 Å². The predicted molar refractivity (Wildman–Crippen MR) is 197 cm³/mol. The number of hydrogen-bond donors (Lipinski definition) is 4. The van der Waals surface area contributed by atoms with E-state index in [-0.39, 0.29) is 35.6 Å². The highest BCUT2D eigenvalue weighted by molar-refractivity contribution is 7.13. The van der Waals surface area contributed by atoms with E-state index in [9.17, 15) is 24.3 Å². The Hall–Kier alpha value is -5.27. The molecule has 0 bridgehead atoms. The summed E-state index contributed by atoms with van der Waals surface area (Å²) < 4.78 is 16.6. The highest BCUT2D eigenvalue weighted by atomic mass is 32.1. The van der Waals surface area contributed by atoms with Crippen molar-refractivity contribution in [1.29, 1.82) is 0 Å². The number of aliphatic hydroxyl groups is 1. The molecular formula is C39H42N4O8S. The van der Waals surface area contributed by atoms with Crippen LogP contribution >= 0.6 is 11.3 Å². The van der Waals surface area contributed by atoms with E-state index in [0.29, 0.717) is 61.3 Å². The number of carbonyl (C=O) groups excluding carboxylic acids is 4. The number of aliphatic hydroxyl groups excluding tert-OH is 1. The molecule has 52 heavy (non-hydrogen) atoms. The fourth-order valence-electron chi connectivity index (χ4n) is 6.25. The van der Waals surface area contributed by atoms with Crippen LogP contribution in [-0.4, -0.2) is 65.4 Å². The number of aromatic nitrogens is 1. The maximum Gasteiger partial charge on any atom is 0.407 e. The molecule has 1 fully saturated rings. The molecule has 1 saturated carbocycles. The van der Waals surface area contributed by atoms with Crippen molar-refractivity contribution in [3.05, 3.63) is 88.1 Å². The molecule has 4 N–H and O–H groups in total. The molecule has 6 rings (SSSR count). The smallest absolute Gasteiger partial charge is 0.407 e. The van der Waals surface area contributed by atoms with Gasteiger partial charge in [-0.15, -0.1) is 11.3 Å². The van der Waals surface area contributed by atoms with Crippen LogP contribution in [0.15, 0.2) is 60.0 Å². The minimum Gasteiger partial charge on any atom is -0.493 e. The van der Waals surface area contributed by atoms with Crippen LogP contribution in [0.3, 0.4) is 0 Å². The van der Waals surface area contributed by atoms with Gasteiger partial charge >= 0.3 is 12.1 Å². The molecule has 0 unspecified atom stereocenters. The van der Waals surface area contributed by atoms with Crippen LogP contribution < -0.4 is 20.7 Å². The van der Waals surface area contributed by atoms with Gasteiger partial charge in [0.2, 0.25) is 0 Å². The van der Waals surface area contributed by atoms with E-state index < -0.39 is 29.5 Å². The molecule has 2 aliphatic rings. The Morgan fingerprint density at radius 1 is 0.942 bits per heavy atom. The third-order valence-electron chi connectivity index (χ3n) is 8.86. The molecule has 1 aliphatic carbocycles. The fourth-order valence-corrected chi connectivity index (χ4v) is 7.23. The van der Waals surface area contributed by atoms with Gasteiger partial charge in [-0.25, -0.2) is 14.6 Å². The number of nitrogens with one attached hydrogen (secondary N) is 3. The monoisotopic (exact) mass is 726 g/mol. The van der Waals surface area contributed by atoms with Crippen LogP contribution in [0.25, 0.3) is 21.6 Å². The number of amides is 3. The average Bonchev–Trinajstić information content (AvgIpc) is 3.52. The molecule has 3 amide bonds. The van der Waals surface area contributed by atoms with Crippen LogP contribution in [0.4, 0.5) is 10.5 Å². The minimum atomic E-state index is -0.774. The van der Waals surface area contributed by atoms with Crippen LogP contribution in [0, 0.1) is 0 Å². The topological polar surface area (TPSA) is 165 Å². The minimum absolute atomic E-state index is 0.0248. The van der Waals surface area contributed by atoms with E-state index in [2.05, 4.69) is 20.9 Å². The standard InChI is InChI=1S/C39H42N4O8S/c1-39(2,3)51-38(48)40-21-22-5-7-24(8-6-22)41-35(45)29-19-30-32(50-17-15-23-16-18-52-34(23)30)20-28(29)27-13-14-31(43-33(27)37(47)49-4)36(46)42-25-9-11-26(44)12-10-25/h5-8,13-14,16,18-20,25-26,44H,9-12,15,17,21H2,1-4H3,(H,40,48)(H,41,45)(H,42,46). The van der Waals surface area contributed by atoms with Crippen molar-refractivity contribution >= 4 is 40.9 Å². The zero-order valence-corrected chi connectivity index (χ0v) is 30.4. The first-order chi connectivity index (χ1) is 24.9. The molecule has 272 valence electrons. The zero-order valence-electron chi connectivity index (χ0n) is 29.5. The molecule has 13 heteroatoms. The SMILES string of the molecule is COC(=O)c1nc(C(=O)NC2CCC(O)CC2)ccc1-c1cc2c(cc1C(=O)Nc1ccc(CNC(=O)OC(C)(C)C)cc1)-c1sccc1CCO2. The van der Waals surface area contributed by atoms with Crippen molar-refractivity contribution in [3.63, 3.8) is 0 Å². The average molecular weight is 727 g/mol. The number of nitrogens with zero attached hydrogens (tertiary/aromatic N) is 1. The second kappa shape index (κ2) is 15.5. The van der Waals surface area contributed by atoms with Crippen LogP contribution in [0.2, 0.25) is 0 Å². The first-order valence-corrected chi connectivity index (χ1v) is 18.1. The number of thiophene rings is 1. The van der Waals surface area contributed by atoms with Crippen molar-refractivity contribution in [3.8, 4) is 27.3 Å². The normalized spacial score (nSPS) is 16.6. The number of alkyl carbamates (subject to hydrolysis) is 1. The number of ether oxygens (including phenoxy) is 3. The maximum absolute atomic E-state index is 14.2. The molecule has 4 aromatic rings. The highest BCUT2D eigenvalue weighted by Crippen LogP contribution is 2.43. The van der Waals surface area contributed by atoms with Crippen molar-refractivity contribution in [1.82, 2.24) is 15.6 Å². The summed E-state index contributed by atoms with van der Waals surface area (Å²) in [6.45, 7) is 6.04. The largest absolute Gasteiger partial charge is 0.493 e. The fraction of sp³-hybridized carbons (Fsp3) is 0.359. The van der Waals surface area contributed by atoms with E-state index in [4.69, 9.17) is 14.2 Å². The molecular weight excluding hydrogens is 685 g/mol. The van der Waals surface area contributed by atoms with Gasteiger partial charge in [0, 0.05) is 51.8 Å². The maximum atomic E-state index is 14.2. The van der Waals surface area contributed by atoms with E-state index >= 15 is 0 Å². The number of methoxy groups -OCH3 is 1. The lowest BCUT2D eigenvalue weighted by Crippen LogP contribution is -2.39. The molecule has 2 aromatic heterocycles. The lowest BCUT2D eigenvalue weighted by atomic mass is 9.92. The number of pyridine rings is 1. The number of rotatable bonds is 8. The van der Waals surface area contributed by atoms with Crippen molar-refractivity contribution in [2.24, 2.45) is 0 Å². The summed E-state index contributed by atoms with van der Waals surface area (Å²) in [5, 5.41) is 20.5. The molecule has 1 aliphatic heterocycles. The van der Waals surface area contributed by atoms with Crippen LogP contribution in [-0.2, 0) is 22.4 Å². The van der Waals surface area contributed by atoms with E-state index in [1.165, 1.54) is 13.2 Å².